The van der Waals surface area contributed by atoms with Crippen molar-refractivity contribution in [2.75, 3.05) is 13.2 Å². The lowest BCUT2D eigenvalue weighted by molar-refractivity contribution is -0.167. The Bertz CT molecular complexity index is 721. The Morgan fingerprint density at radius 1 is 0.396 bits per heavy atom. The number of hydrogen-bond donors (Lipinski definition) is 0. The SMILES string of the molecule is CCCCCCCCCCCCCCC(=O)OC[C@H](COC(=O)CCCCCCCCC(C)C)OC(=O)CCCCCCCCCCC. The van der Waals surface area contributed by atoms with Crippen LogP contribution in [-0.2, 0) is 28.6 Å². The van der Waals surface area contributed by atoms with Crippen LogP contribution < -0.4 is 0 Å². The van der Waals surface area contributed by atoms with Gasteiger partial charge in [-0.15, -0.1) is 0 Å². The summed E-state index contributed by atoms with van der Waals surface area (Å²) in [7, 11) is 0. The fourth-order valence-electron chi connectivity index (χ4n) is 6.10. The van der Waals surface area contributed by atoms with Crippen LogP contribution in [0.3, 0.4) is 0 Å². The van der Waals surface area contributed by atoms with Gasteiger partial charge in [0.15, 0.2) is 6.10 Å². The van der Waals surface area contributed by atoms with Gasteiger partial charge in [-0.1, -0.05) is 188 Å². The fraction of sp³-hybridized carbons (Fsp3) is 0.929. The van der Waals surface area contributed by atoms with Crippen LogP contribution in [0.5, 0.6) is 0 Å². The highest BCUT2D eigenvalue weighted by atomic mass is 16.6. The minimum atomic E-state index is -0.758. The molecule has 1 atom stereocenters. The first kappa shape index (κ1) is 46.4. The molecule has 0 aromatic carbocycles. The van der Waals surface area contributed by atoms with Crippen molar-refractivity contribution in [1.29, 1.82) is 0 Å². The van der Waals surface area contributed by atoms with Crippen molar-refractivity contribution in [3.8, 4) is 0 Å². The molecule has 0 bridgehead atoms. The predicted octanol–water partition coefficient (Wildman–Crippen LogP) is 12.8. The second-order valence-corrected chi connectivity index (χ2v) is 14.7. The van der Waals surface area contributed by atoms with Crippen LogP contribution in [0.1, 0.15) is 227 Å². The van der Waals surface area contributed by atoms with E-state index in [1.54, 1.807) is 0 Å². The summed E-state index contributed by atoms with van der Waals surface area (Å²) in [5.74, 6) is -0.103. The van der Waals surface area contributed by atoms with Gasteiger partial charge < -0.3 is 14.2 Å². The summed E-state index contributed by atoms with van der Waals surface area (Å²) in [6, 6.07) is 0. The van der Waals surface area contributed by atoms with E-state index in [4.69, 9.17) is 14.2 Å². The second kappa shape index (κ2) is 36.7. The topological polar surface area (TPSA) is 78.9 Å². The van der Waals surface area contributed by atoms with E-state index in [2.05, 4.69) is 27.7 Å². The van der Waals surface area contributed by atoms with Crippen molar-refractivity contribution in [3.63, 3.8) is 0 Å². The van der Waals surface area contributed by atoms with Crippen LogP contribution in [0.4, 0.5) is 0 Å². The molecule has 0 N–H and O–H groups in total. The zero-order valence-corrected chi connectivity index (χ0v) is 32.4. The lowest BCUT2D eigenvalue weighted by atomic mass is 10.0. The maximum absolute atomic E-state index is 12.6. The lowest BCUT2D eigenvalue weighted by Gasteiger charge is -2.18. The molecular weight excluding hydrogens is 600 g/mol. The van der Waals surface area contributed by atoms with Gasteiger partial charge in [0.05, 0.1) is 0 Å². The number of carbonyl (C=O) groups excluding carboxylic acids is 3. The predicted molar refractivity (Wildman–Crippen MR) is 201 cm³/mol. The number of hydrogen-bond acceptors (Lipinski definition) is 6. The Balaban J connectivity index is 4.32. The normalized spacial score (nSPS) is 11.9. The minimum Gasteiger partial charge on any atom is -0.462 e. The van der Waals surface area contributed by atoms with Gasteiger partial charge in [-0.3, -0.25) is 14.4 Å². The van der Waals surface area contributed by atoms with E-state index in [0.29, 0.717) is 19.3 Å². The quantitative estimate of drug-likeness (QED) is 0.0369. The Kier molecular flexibility index (Phi) is 35.5. The fourth-order valence-corrected chi connectivity index (χ4v) is 6.10. The van der Waals surface area contributed by atoms with Crippen LogP contribution in [0.15, 0.2) is 0 Å². The molecule has 0 amide bonds. The Labute approximate surface area is 298 Å². The van der Waals surface area contributed by atoms with Gasteiger partial charge in [-0.2, -0.15) is 0 Å². The zero-order valence-electron chi connectivity index (χ0n) is 32.4. The highest BCUT2D eigenvalue weighted by Gasteiger charge is 2.19. The summed E-state index contributed by atoms with van der Waals surface area (Å²) in [4.78, 5) is 37.4. The van der Waals surface area contributed by atoms with Crippen molar-refractivity contribution in [2.45, 2.75) is 233 Å². The highest BCUT2D eigenvalue weighted by molar-refractivity contribution is 5.71. The van der Waals surface area contributed by atoms with Gasteiger partial charge in [0.25, 0.3) is 0 Å². The maximum Gasteiger partial charge on any atom is 0.306 e. The molecule has 0 saturated heterocycles. The molecule has 284 valence electrons. The third kappa shape index (κ3) is 35.7. The Morgan fingerprint density at radius 3 is 1.02 bits per heavy atom. The van der Waals surface area contributed by atoms with Gasteiger partial charge in [-0.05, 0) is 25.2 Å². The number of carbonyl (C=O) groups is 3. The molecule has 48 heavy (non-hydrogen) atoms. The van der Waals surface area contributed by atoms with E-state index in [1.807, 2.05) is 0 Å². The molecule has 0 saturated carbocycles. The molecule has 0 aromatic rings. The monoisotopic (exact) mass is 681 g/mol. The van der Waals surface area contributed by atoms with Gasteiger partial charge in [0.2, 0.25) is 0 Å². The number of rotatable bonds is 37. The maximum atomic E-state index is 12.6. The first-order valence-electron chi connectivity index (χ1n) is 20.9. The molecule has 0 unspecified atom stereocenters. The summed E-state index contributed by atoms with van der Waals surface area (Å²) in [6.45, 7) is 8.88. The van der Waals surface area contributed by atoms with E-state index in [-0.39, 0.29) is 31.1 Å². The molecule has 0 radical (unpaired) electrons. The van der Waals surface area contributed by atoms with Crippen molar-refractivity contribution >= 4 is 17.9 Å². The van der Waals surface area contributed by atoms with Crippen LogP contribution in [-0.4, -0.2) is 37.2 Å². The van der Waals surface area contributed by atoms with Crippen molar-refractivity contribution in [3.05, 3.63) is 0 Å². The van der Waals surface area contributed by atoms with Gasteiger partial charge >= 0.3 is 17.9 Å². The summed E-state index contributed by atoms with van der Waals surface area (Å²) in [6.07, 6.45) is 33.8. The number of unbranched alkanes of at least 4 members (excludes halogenated alkanes) is 24. The van der Waals surface area contributed by atoms with Crippen LogP contribution in [0, 0.1) is 5.92 Å². The average Bonchev–Trinajstić information content (AvgIpc) is 3.06. The number of esters is 3. The van der Waals surface area contributed by atoms with Crippen molar-refractivity contribution < 1.29 is 28.6 Å². The summed E-state index contributed by atoms with van der Waals surface area (Å²) >= 11 is 0. The minimum absolute atomic E-state index is 0.0652. The van der Waals surface area contributed by atoms with Crippen molar-refractivity contribution in [2.24, 2.45) is 5.92 Å². The molecule has 0 rings (SSSR count). The molecule has 0 aliphatic heterocycles. The van der Waals surface area contributed by atoms with Crippen LogP contribution in [0.2, 0.25) is 0 Å². The van der Waals surface area contributed by atoms with E-state index >= 15 is 0 Å². The largest absolute Gasteiger partial charge is 0.462 e. The first-order valence-corrected chi connectivity index (χ1v) is 20.9. The van der Waals surface area contributed by atoms with Gasteiger partial charge in [-0.25, -0.2) is 0 Å². The third-order valence-electron chi connectivity index (χ3n) is 9.29. The van der Waals surface area contributed by atoms with E-state index in [1.165, 1.54) is 122 Å². The van der Waals surface area contributed by atoms with E-state index in [0.717, 1.165) is 63.7 Å². The summed E-state index contributed by atoms with van der Waals surface area (Å²) in [5, 5.41) is 0. The number of ether oxygens (including phenoxy) is 3. The average molecular weight is 681 g/mol. The highest BCUT2D eigenvalue weighted by Crippen LogP contribution is 2.15. The molecular formula is C42H80O6. The first-order chi connectivity index (χ1) is 23.4. The molecule has 0 spiro atoms. The van der Waals surface area contributed by atoms with Gasteiger partial charge in [0, 0.05) is 19.3 Å². The standard InChI is InChI=1S/C42H80O6/c1-5-7-9-11-13-15-16-17-19-20-25-29-33-40(43)46-36-39(48-42(45)35-31-27-21-18-14-12-10-8-6-2)37-47-41(44)34-30-26-23-22-24-28-32-38(3)4/h38-39H,5-37H2,1-4H3/t39-/m1/s1. The Morgan fingerprint density at radius 2 is 0.688 bits per heavy atom. The van der Waals surface area contributed by atoms with Crippen molar-refractivity contribution in [1.82, 2.24) is 0 Å². The summed E-state index contributed by atoms with van der Waals surface area (Å²) in [5.41, 5.74) is 0. The molecule has 0 heterocycles. The van der Waals surface area contributed by atoms with E-state index < -0.39 is 6.10 Å². The van der Waals surface area contributed by atoms with E-state index in [9.17, 15) is 14.4 Å². The van der Waals surface area contributed by atoms with Crippen LogP contribution in [0.25, 0.3) is 0 Å². The Hall–Kier alpha value is -1.59. The molecule has 6 heteroatoms. The zero-order chi connectivity index (χ0) is 35.3. The van der Waals surface area contributed by atoms with Crippen LogP contribution >= 0.6 is 0 Å². The lowest BCUT2D eigenvalue weighted by Crippen LogP contribution is -2.30. The molecule has 0 aliphatic carbocycles. The smallest absolute Gasteiger partial charge is 0.306 e. The molecule has 0 aromatic heterocycles. The molecule has 6 nitrogen and oxygen atoms in total. The second-order valence-electron chi connectivity index (χ2n) is 14.7. The molecule has 0 aliphatic rings. The molecule has 0 fully saturated rings. The van der Waals surface area contributed by atoms with Gasteiger partial charge in [0.1, 0.15) is 13.2 Å². The third-order valence-corrected chi connectivity index (χ3v) is 9.29. The summed E-state index contributed by atoms with van der Waals surface area (Å²) < 4.78 is 16.6.